The van der Waals surface area contributed by atoms with Gasteiger partial charge in [-0.25, -0.2) is 0 Å². The van der Waals surface area contributed by atoms with Gasteiger partial charge in [0.25, 0.3) is 0 Å². The molecule has 0 bridgehead atoms. The Morgan fingerprint density at radius 1 is 1.54 bits per heavy atom. The van der Waals surface area contributed by atoms with E-state index in [1.54, 1.807) is 0 Å². The van der Waals surface area contributed by atoms with Crippen molar-refractivity contribution >= 4 is 0 Å². The van der Waals surface area contributed by atoms with Gasteiger partial charge in [-0.05, 0) is 31.5 Å². The van der Waals surface area contributed by atoms with Gasteiger partial charge in [-0.1, -0.05) is 12.1 Å². The molecule has 0 amide bonds. The van der Waals surface area contributed by atoms with Crippen molar-refractivity contribution in [1.29, 1.82) is 0 Å². The summed E-state index contributed by atoms with van der Waals surface area (Å²) in [7, 11) is 0. The highest BCUT2D eigenvalue weighted by Crippen LogP contribution is 2.12. The van der Waals surface area contributed by atoms with E-state index in [-0.39, 0.29) is 6.04 Å². The molecule has 0 saturated carbocycles. The highest BCUT2D eigenvalue weighted by atomic mass is 16.5. The predicted octanol–water partition coefficient (Wildman–Crippen LogP) is 1.23. The van der Waals surface area contributed by atoms with E-state index in [1.165, 1.54) is 5.56 Å². The van der Waals surface area contributed by atoms with Crippen LogP contribution < -0.4 is 16.0 Å². The molecule has 3 heteroatoms. The highest BCUT2D eigenvalue weighted by Gasteiger charge is 1.99. The van der Waals surface area contributed by atoms with Crippen LogP contribution in [0.25, 0.3) is 0 Å². The summed E-state index contributed by atoms with van der Waals surface area (Å²) >= 11 is 0. The third-order valence-electron chi connectivity index (χ3n) is 1.77. The number of aryl methyl sites for hydroxylation is 1. The summed E-state index contributed by atoms with van der Waals surface area (Å²) in [5.74, 6) is 6.13. The van der Waals surface area contributed by atoms with Gasteiger partial charge in [0.1, 0.15) is 12.4 Å². The second kappa shape index (κ2) is 4.84. The maximum absolute atomic E-state index is 5.50. The Morgan fingerprint density at radius 3 is 2.92 bits per heavy atom. The normalized spacial score (nSPS) is 12.5. The largest absolute Gasteiger partial charge is 0.492 e. The molecule has 0 aromatic heterocycles. The number of nitrogens with one attached hydrogen (secondary N) is 1. The molecule has 1 aromatic carbocycles. The van der Waals surface area contributed by atoms with Gasteiger partial charge in [0.05, 0.1) is 6.04 Å². The third kappa shape index (κ3) is 3.44. The second-order valence-corrected chi connectivity index (χ2v) is 3.20. The quantitative estimate of drug-likeness (QED) is 0.541. The van der Waals surface area contributed by atoms with E-state index in [1.807, 2.05) is 38.1 Å². The van der Waals surface area contributed by atoms with Crippen molar-refractivity contribution in [2.75, 3.05) is 6.61 Å². The molecule has 72 valence electrons. The average Bonchev–Trinajstić information content (AvgIpc) is 2.14. The molecule has 0 heterocycles. The number of ether oxygens (including phenoxy) is 1. The van der Waals surface area contributed by atoms with E-state index in [9.17, 15) is 0 Å². The van der Waals surface area contributed by atoms with Crippen molar-refractivity contribution in [1.82, 2.24) is 5.43 Å². The Morgan fingerprint density at radius 2 is 2.31 bits per heavy atom. The summed E-state index contributed by atoms with van der Waals surface area (Å²) < 4.78 is 5.50. The Hall–Kier alpha value is -1.06. The molecule has 0 aliphatic heterocycles. The van der Waals surface area contributed by atoms with Gasteiger partial charge in [0.2, 0.25) is 0 Å². The minimum absolute atomic E-state index is 0.167. The van der Waals surface area contributed by atoms with E-state index in [2.05, 4.69) is 5.43 Å². The van der Waals surface area contributed by atoms with E-state index in [0.717, 1.165) is 5.75 Å². The maximum Gasteiger partial charge on any atom is 0.119 e. The minimum atomic E-state index is 0.167. The van der Waals surface area contributed by atoms with Crippen molar-refractivity contribution < 1.29 is 4.74 Å². The fourth-order valence-corrected chi connectivity index (χ4v) is 0.974. The van der Waals surface area contributed by atoms with Crippen molar-refractivity contribution in [2.24, 2.45) is 5.84 Å². The first kappa shape index (κ1) is 10.0. The molecule has 0 fully saturated rings. The molecular weight excluding hydrogens is 164 g/mol. The fraction of sp³-hybridized carbons (Fsp3) is 0.400. The molecular formula is C10H16N2O. The number of rotatable bonds is 4. The van der Waals surface area contributed by atoms with Crippen LogP contribution in [0, 0.1) is 6.92 Å². The van der Waals surface area contributed by atoms with Crippen molar-refractivity contribution in [2.45, 2.75) is 19.9 Å². The van der Waals surface area contributed by atoms with E-state index in [0.29, 0.717) is 6.61 Å². The van der Waals surface area contributed by atoms with Crippen LogP contribution in [0.3, 0.4) is 0 Å². The molecule has 3 nitrogen and oxygen atoms in total. The fourth-order valence-electron chi connectivity index (χ4n) is 0.974. The molecule has 1 rings (SSSR count). The monoisotopic (exact) mass is 180 g/mol. The van der Waals surface area contributed by atoms with Gasteiger partial charge in [-0.2, -0.15) is 0 Å². The van der Waals surface area contributed by atoms with Gasteiger partial charge < -0.3 is 4.74 Å². The van der Waals surface area contributed by atoms with Crippen molar-refractivity contribution in [3.05, 3.63) is 29.8 Å². The number of hydrazine groups is 1. The smallest absolute Gasteiger partial charge is 0.119 e. The standard InChI is InChI=1S/C10H16N2O/c1-8-4-3-5-10(6-8)13-7-9(2)12-11/h3-6,9,12H,7,11H2,1-2H3. The number of hydrogen-bond donors (Lipinski definition) is 2. The zero-order valence-electron chi connectivity index (χ0n) is 8.08. The summed E-state index contributed by atoms with van der Waals surface area (Å²) in [5, 5.41) is 0. The molecule has 3 N–H and O–H groups in total. The second-order valence-electron chi connectivity index (χ2n) is 3.20. The van der Waals surface area contributed by atoms with Gasteiger partial charge in [0, 0.05) is 0 Å². The minimum Gasteiger partial charge on any atom is -0.492 e. The molecule has 0 radical (unpaired) electrons. The lowest BCUT2D eigenvalue weighted by atomic mass is 10.2. The molecule has 13 heavy (non-hydrogen) atoms. The van der Waals surface area contributed by atoms with E-state index < -0.39 is 0 Å². The van der Waals surface area contributed by atoms with Crippen LogP contribution in [-0.4, -0.2) is 12.6 Å². The van der Waals surface area contributed by atoms with Gasteiger partial charge in [0.15, 0.2) is 0 Å². The van der Waals surface area contributed by atoms with Crippen LogP contribution in [0.5, 0.6) is 5.75 Å². The van der Waals surface area contributed by atoms with Crippen LogP contribution in [0.15, 0.2) is 24.3 Å². The van der Waals surface area contributed by atoms with Gasteiger partial charge in [-0.15, -0.1) is 0 Å². The summed E-state index contributed by atoms with van der Waals surface area (Å²) in [6.45, 7) is 4.59. The Labute approximate surface area is 78.9 Å². The van der Waals surface area contributed by atoms with Gasteiger partial charge in [-0.3, -0.25) is 11.3 Å². The van der Waals surface area contributed by atoms with Crippen LogP contribution in [0.2, 0.25) is 0 Å². The number of nitrogens with two attached hydrogens (primary N) is 1. The summed E-state index contributed by atoms with van der Waals surface area (Å²) in [4.78, 5) is 0. The topological polar surface area (TPSA) is 47.3 Å². The number of benzene rings is 1. The average molecular weight is 180 g/mol. The first-order valence-electron chi connectivity index (χ1n) is 4.38. The summed E-state index contributed by atoms with van der Waals surface area (Å²) in [6, 6.07) is 8.13. The molecule has 0 aliphatic carbocycles. The summed E-state index contributed by atoms with van der Waals surface area (Å²) in [5.41, 5.74) is 3.82. The maximum atomic E-state index is 5.50. The van der Waals surface area contributed by atoms with Crippen LogP contribution in [0.1, 0.15) is 12.5 Å². The Bertz CT molecular complexity index is 263. The molecule has 1 atom stereocenters. The van der Waals surface area contributed by atoms with E-state index >= 15 is 0 Å². The van der Waals surface area contributed by atoms with Crippen LogP contribution >= 0.6 is 0 Å². The Kier molecular flexibility index (Phi) is 3.73. The SMILES string of the molecule is Cc1cccc(OCC(C)NN)c1. The Balaban J connectivity index is 2.45. The van der Waals surface area contributed by atoms with Crippen LogP contribution in [0.4, 0.5) is 0 Å². The molecule has 1 unspecified atom stereocenters. The van der Waals surface area contributed by atoms with E-state index in [4.69, 9.17) is 10.6 Å². The first-order valence-corrected chi connectivity index (χ1v) is 4.38. The molecule has 0 saturated heterocycles. The lowest BCUT2D eigenvalue weighted by Crippen LogP contribution is -2.36. The first-order chi connectivity index (χ1) is 6.22. The molecule has 0 spiro atoms. The summed E-state index contributed by atoms with van der Waals surface area (Å²) in [6.07, 6.45) is 0. The zero-order valence-corrected chi connectivity index (χ0v) is 8.08. The number of hydrogen-bond acceptors (Lipinski definition) is 3. The van der Waals surface area contributed by atoms with Gasteiger partial charge >= 0.3 is 0 Å². The molecule has 0 aliphatic rings. The zero-order chi connectivity index (χ0) is 9.68. The lowest BCUT2D eigenvalue weighted by molar-refractivity contribution is 0.274. The highest BCUT2D eigenvalue weighted by molar-refractivity contribution is 5.27. The lowest BCUT2D eigenvalue weighted by Gasteiger charge is -2.11. The van der Waals surface area contributed by atoms with Crippen LogP contribution in [-0.2, 0) is 0 Å². The van der Waals surface area contributed by atoms with Crippen molar-refractivity contribution in [3.8, 4) is 5.75 Å². The predicted molar refractivity (Wildman–Crippen MR) is 53.5 cm³/mol. The molecule has 1 aromatic rings. The van der Waals surface area contributed by atoms with Crippen molar-refractivity contribution in [3.63, 3.8) is 0 Å². The third-order valence-corrected chi connectivity index (χ3v) is 1.77.